The van der Waals surface area contributed by atoms with Gasteiger partial charge in [-0.2, -0.15) is 0 Å². The second-order valence-electron chi connectivity index (χ2n) is 9.60. The van der Waals surface area contributed by atoms with E-state index < -0.39 is 28.5 Å². The second-order valence-corrected chi connectivity index (χ2v) is 12.7. The minimum atomic E-state index is -4.22. The Morgan fingerprint density at radius 3 is 2.25 bits per heavy atom. The number of hydrogen-bond acceptors (Lipinski definition) is 5. The lowest BCUT2D eigenvalue weighted by Gasteiger charge is -2.32. The Balaban J connectivity index is 2.06. The molecule has 8 nitrogen and oxygen atoms in total. The van der Waals surface area contributed by atoms with E-state index in [1.54, 1.807) is 55.5 Å². The molecule has 1 atom stereocenters. The maximum absolute atomic E-state index is 14.0. The first-order valence-corrected chi connectivity index (χ1v) is 15.2. The van der Waals surface area contributed by atoms with Gasteiger partial charge in [-0.25, -0.2) is 8.42 Å². The number of amides is 2. The smallest absolute Gasteiger partial charge is 0.264 e. The van der Waals surface area contributed by atoms with Gasteiger partial charge in [-0.1, -0.05) is 47.5 Å². The third-order valence-electron chi connectivity index (χ3n) is 6.21. The van der Waals surface area contributed by atoms with Crippen molar-refractivity contribution in [2.75, 3.05) is 18.0 Å². The molecule has 0 aliphatic carbocycles. The molecule has 0 spiro atoms. The molecule has 3 aromatic carbocycles. The van der Waals surface area contributed by atoms with E-state index in [-0.39, 0.29) is 23.4 Å². The summed E-state index contributed by atoms with van der Waals surface area (Å²) < 4.78 is 34.7. The maximum Gasteiger partial charge on any atom is 0.264 e. The molecule has 1 N–H and O–H groups in total. The van der Waals surface area contributed by atoms with Crippen LogP contribution in [0.1, 0.15) is 31.9 Å². The number of sulfonamides is 1. The van der Waals surface area contributed by atoms with Crippen molar-refractivity contribution in [3.8, 4) is 5.75 Å². The molecule has 0 aliphatic heterocycles. The zero-order chi connectivity index (χ0) is 29.6. The Hall–Kier alpha value is -3.08. The van der Waals surface area contributed by atoms with E-state index in [4.69, 9.17) is 16.3 Å². The van der Waals surface area contributed by atoms with E-state index in [9.17, 15) is 18.0 Å². The van der Waals surface area contributed by atoms with Crippen LogP contribution in [0.5, 0.6) is 5.75 Å². The van der Waals surface area contributed by atoms with Gasteiger partial charge in [0.1, 0.15) is 18.3 Å². The van der Waals surface area contributed by atoms with E-state index in [1.165, 1.54) is 30.2 Å². The number of nitrogens with zero attached hydrogens (tertiary/aromatic N) is 2. The quantitative estimate of drug-likeness (QED) is 0.293. The predicted molar refractivity (Wildman–Crippen MR) is 161 cm³/mol. The maximum atomic E-state index is 14.0. The zero-order valence-electron chi connectivity index (χ0n) is 23.0. The van der Waals surface area contributed by atoms with Gasteiger partial charge in [0.15, 0.2) is 0 Å². The van der Waals surface area contributed by atoms with Gasteiger partial charge < -0.3 is 15.0 Å². The fraction of sp³-hybridized carbons (Fsp3) is 0.310. The molecule has 0 unspecified atom stereocenters. The number of halogens is 2. The van der Waals surface area contributed by atoms with Crippen LogP contribution in [0, 0.1) is 6.92 Å². The summed E-state index contributed by atoms with van der Waals surface area (Å²) in [4.78, 5) is 28.3. The fourth-order valence-corrected chi connectivity index (χ4v) is 6.30. The predicted octanol–water partition coefficient (Wildman–Crippen LogP) is 5.56. The third-order valence-corrected chi connectivity index (χ3v) is 8.97. The van der Waals surface area contributed by atoms with E-state index in [1.807, 2.05) is 20.8 Å². The summed E-state index contributed by atoms with van der Waals surface area (Å²) in [6.45, 7) is 6.61. The summed E-state index contributed by atoms with van der Waals surface area (Å²) in [5.41, 5.74) is 1.87. The van der Waals surface area contributed by atoms with Crippen LogP contribution < -0.4 is 14.4 Å². The van der Waals surface area contributed by atoms with Crippen LogP contribution in [-0.2, 0) is 26.2 Å². The molecule has 0 saturated carbocycles. The minimum Gasteiger partial charge on any atom is -0.496 e. The highest BCUT2D eigenvalue weighted by Crippen LogP contribution is 2.31. The number of benzene rings is 3. The number of carbonyl (C=O) groups excluding carboxylic acids is 2. The zero-order valence-corrected chi connectivity index (χ0v) is 26.2. The summed E-state index contributed by atoms with van der Waals surface area (Å²) >= 11 is 9.74. The van der Waals surface area contributed by atoms with E-state index in [0.29, 0.717) is 26.5 Å². The van der Waals surface area contributed by atoms with Crippen molar-refractivity contribution >= 4 is 55.1 Å². The molecule has 0 fully saturated rings. The number of ether oxygens (including phenoxy) is 1. The third kappa shape index (κ3) is 7.56. The van der Waals surface area contributed by atoms with Gasteiger partial charge in [-0.15, -0.1) is 0 Å². The lowest BCUT2D eigenvalue weighted by Crippen LogP contribution is -2.52. The van der Waals surface area contributed by atoms with Crippen LogP contribution in [0.25, 0.3) is 0 Å². The molecule has 0 heterocycles. The Labute approximate surface area is 249 Å². The lowest BCUT2D eigenvalue weighted by molar-refractivity contribution is -0.139. The standard InChI is InChI=1S/C29H33BrClN3O5S/c1-19(2)32-29(36)21(4)33(17-22-8-6-7-9-26(22)31)28(35)18-34(23-12-10-20(3)11-13-23)40(37,38)24-14-15-27(39-5)25(30)16-24/h6-16,19,21H,17-18H2,1-5H3,(H,32,36)/t21-/m0/s1. The molecule has 0 aromatic heterocycles. The molecule has 3 rings (SSSR count). The van der Waals surface area contributed by atoms with Gasteiger partial charge in [-0.3, -0.25) is 13.9 Å². The molecular weight excluding hydrogens is 618 g/mol. The van der Waals surface area contributed by atoms with Crippen LogP contribution in [0.4, 0.5) is 5.69 Å². The number of rotatable bonds is 11. The van der Waals surface area contributed by atoms with E-state index >= 15 is 0 Å². The summed E-state index contributed by atoms with van der Waals surface area (Å²) in [5, 5.41) is 3.26. The normalized spacial score (nSPS) is 12.1. The molecule has 2 amide bonds. The number of carbonyl (C=O) groups is 2. The topological polar surface area (TPSA) is 96.0 Å². The lowest BCUT2D eigenvalue weighted by atomic mass is 10.1. The van der Waals surface area contributed by atoms with Crippen molar-refractivity contribution in [2.45, 2.75) is 51.2 Å². The van der Waals surface area contributed by atoms with Crippen LogP contribution in [0.2, 0.25) is 5.02 Å². The Morgan fingerprint density at radius 1 is 1.02 bits per heavy atom. The van der Waals surface area contributed by atoms with Gasteiger partial charge in [0, 0.05) is 17.6 Å². The van der Waals surface area contributed by atoms with Crippen molar-refractivity contribution in [1.29, 1.82) is 0 Å². The summed E-state index contributed by atoms with van der Waals surface area (Å²) in [7, 11) is -2.73. The average molecular weight is 651 g/mol. The van der Waals surface area contributed by atoms with Crippen molar-refractivity contribution in [3.05, 3.63) is 87.4 Å². The molecule has 214 valence electrons. The van der Waals surface area contributed by atoms with Gasteiger partial charge in [-0.05, 0) is 85.6 Å². The Morgan fingerprint density at radius 2 is 1.68 bits per heavy atom. The Bertz CT molecular complexity index is 1460. The molecule has 0 aliphatic rings. The summed E-state index contributed by atoms with van der Waals surface area (Å²) in [5.74, 6) is -0.463. The summed E-state index contributed by atoms with van der Waals surface area (Å²) in [6.07, 6.45) is 0. The van der Waals surface area contributed by atoms with Crippen molar-refractivity contribution < 1.29 is 22.7 Å². The first-order chi connectivity index (χ1) is 18.8. The van der Waals surface area contributed by atoms with Crippen molar-refractivity contribution in [3.63, 3.8) is 0 Å². The number of aryl methyl sites for hydroxylation is 1. The van der Waals surface area contributed by atoms with Crippen LogP contribution in [0.3, 0.4) is 0 Å². The largest absolute Gasteiger partial charge is 0.496 e. The molecule has 0 radical (unpaired) electrons. The first kappa shape index (κ1) is 31.4. The number of anilines is 1. The average Bonchev–Trinajstić information content (AvgIpc) is 2.90. The monoisotopic (exact) mass is 649 g/mol. The molecule has 40 heavy (non-hydrogen) atoms. The number of hydrogen-bond donors (Lipinski definition) is 1. The van der Waals surface area contributed by atoms with Crippen LogP contribution >= 0.6 is 27.5 Å². The van der Waals surface area contributed by atoms with Crippen LogP contribution in [-0.4, -0.2) is 50.9 Å². The Kier molecular flexibility index (Phi) is 10.6. The van der Waals surface area contributed by atoms with Crippen molar-refractivity contribution in [1.82, 2.24) is 10.2 Å². The van der Waals surface area contributed by atoms with Crippen molar-refractivity contribution in [2.24, 2.45) is 0 Å². The highest BCUT2D eigenvalue weighted by molar-refractivity contribution is 9.10. The highest BCUT2D eigenvalue weighted by Gasteiger charge is 2.33. The molecule has 11 heteroatoms. The van der Waals surface area contributed by atoms with E-state index in [0.717, 1.165) is 9.87 Å². The molecule has 0 saturated heterocycles. The second kappa shape index (κ2) is 13.5. The van der Waals surface area contributed by atoms with Gasteiger partial charge in [0.05, 0.1) is 22.2 Å². The molecule has 3 aromatic rings. The highest BCUT2D eigenvalue weighted by atomic mass is 79.9. The van der Waals surface area contributed by atoms with E-state index in [2.05, 4.69) is 21.2 Å². The summed E-state index contributed by atoms with van der Waals surface area (Å²) in [6, 6.07) is 17.2. The minimum absolute atomic E-state index is 0.0149. The molecule has 0 bridgehead atoms. The van der Waals surface area contributed by atoms with Crippen LogP contribution in [0.15, 0.2) is 76.1 Å². The van der Waals surface area contributed by atoms with Gasteiger partial charge >= 0.3 is 0 Å². The SMILES string of the molecule is COc1ccc(S(=O)(=O)N(CC(=O)N(Cc2ccccc2Cl)[C@@H](C)C(=O)NC(C)C)c2ccc(C)cc2)cc1Br. The molecular formula is C29H33BrClN3O5S. The van der Waals surface area contributed by atoms with Gasteiger partial charge in [0.2, 0.25) is 11.8 Å². The first-order valence-electron chi connectivity index (χ1n) is 12.6. The number of methoxy groups -OCH3 is 1. The fourth-order valence-electron chi connectivity index (χ4n) is 3.97. The number of nitrogens with one attached hydrogen (secondary N) is 1. The van der Waals surface area contributed by atoms with Gasteiger partial charge in [0.25, 0.3) is 10.0 Å².